The summed E-state index contributed by atoms with van der Waals surface area (Å²) >= 11 is 0. The summed E-state index contributed by atoms with van der Waals surface area (Å²) in [5.74, 6) is 1.63. The second kappa shape index (κ2) is 7.88. The molecule has 2 unspecified atom stereocenters. The lowest BCUT2D eigenvalue weighted by molar-refractivity contribution is 0.0122. The second-order valence-corrected chi connectivity index (χ2v) is 5.78. The van der Waals surface area contributed by atoms with Crippen molar-refractivity contribution in [1.29, 1.82) is 0 Å². The number of hydrogen-bond acceptors (Lipinski definition) is 2. The van der Waals surface area contributed by atoms with Gasteiger partial charge in [0.2, 0.25) is 0 Å². The second-order valence-electron chi connectivity index (χ2n) is 5.78. The number of nitrogens with one attached hydrogen (secondary N) is 1. The van der Waals surface area contributed by atoms with Gasteiger partial charge in [0.1, 0.15) is 0 Å². The lowest BCUT2D eigenvalue weighted by Gasteiger charge is -2.31. The minimum absolute atomic E-state index is 0.455. The Morgan fingerprint density at radius 3 is 2.47 bits per heavy atom. The molecular formula is C15H29NO. The third kappa shape index (κ3) is 6.23. The van der Waals surface area contributed by atoms with E-state index >= 15 is 0 Å². The minimum Gasteiger partial charge on any atom is -0.374 e. The Labute approximate surface area is 107 Å². The molecule has 1 aliphatic carbocycles. The zero-order chi connectivity index (χ0) is 12.7. The van der Waals surface area contributed by atoms with Crippen molar-refractivity contribution in [3.63, 3.8) is 0 Å². The summed E-state index contributed by atoms with van der Waals surface area (Å²) < 4.78 is 5.98. The van der Waals surface area contributed by atoms with Gasteiger partial charge in [-0.2, -0.15) is 0 Å². The predicted molar refractivity (Wildman–Crippen MR) is 74.2 cm³/mol. The first kappa shape index (κ1) is 14.7. The lowest BCUT2D eigenvalue weighted by Crippen LogP contribution is -2.28. The summed E-state index contributed by atoms with van der Waals surface area (Å²) in [4.78, 5) is 0. The van der Waals surface area contributed by atoms with Crippen LogP contribution in [0.15, 0.2) is 12.2 Å². The molecule has 0 radical (unpaired) electrons. The van der Waals surface area contributed by atoms with Crippen LogP contribution in [-0.2, 0) is 4.74 Å². The van der Waals surface area contributed by atoms with Gasteiger partial charge in [0.25, 0.3) is 0 Å². The van der Waals surface area contributed by atoms with Crippen molar-refractivity contribution in [3.05, 3.63) is 12.2 Å². The molecule has 1 N–H and O–H groups in total. The van der Waals surface area contributed by atoms with E-state index in [1.165, 1.54) is 31.3 Å². The molecule has 1 saturated carbocycles. The van der Waals surface area contributed by atoms with E-state index in [-0.39, 0.29) is 0 Å². The van der Waals surface area contributed by atoms with Crippen LogP contribution in [0.1, 0.15) is 46.5 Å². The van der Waals surface area contributed by atoms with Crippen LogP contribution in [0.5, 0.6) is 0 Å². The van der Waals surface area contributed by atoms with E-state index in [1.807, 2.05) is 0 Å². The van der Waals surface area contributed by atoms with Crippen molar-refractivity contribution in [2.45, 2.75) is 52.6 Å². The average molecular weight is 239 g/mol. The van der Waals surface area contributed by atoms with Crippen molar-refractivity contribution in [2.24, 2.45) is 11.8 Å². The first-order chi connectivity index (χ1) is 8.11. The largest absolute Gasteiger partial charge is 0.374 e. The number of ether oxygens (including phenoxy) is 1. The summed E-state index contributed by atoms with van der Waals surface area (Å²) in [6, 6.07) is 0. The zero-order valence-electron chi connectivity index (χ0n) is 11.8. The summed E-state index contributed by atoms with van der Waals surface area (Å²) in [5.41, 5.74) is 1.17. The van der Waals surface area contributed by atoms with E-state index in [0.717, 1.165) is 31.5 Å². The van der Waals surface area contributed by atoms with Crippen molar-refractivity contribution in [2.75, 3.05) is 19.7 Å². The standard InChI is InChI=1S/C15H29NO/c1-5-6-16-10-14(4)11-17-15-8-12(2)7-13(3)9-15/h12-13,15-16H,4-11H2,1-3H3. The zero-order valence-corrected chi connectivity index (χ0v) is 11.8. The highest BCUT2D eigenvalue weighted by molar-refractivity contribution is 4.97. The molecule has 2 heteroatoms. The highest BCUT2D eigenvalue weighted by atomic mass is 16.5. The van der Waals surface area contributed by atoms with Crippen LogP contribution < -0.4 is 5.32 Å². The fourth-order valence-corrected chi connectivity index (χ4v) is 2.74. The Morgan fingerprint density at radius 1 is 1.24 bits per heavy atom. The van der Waals surface area contributed by atoms with E-state index in [1.54, 1.807) is 0 Å². The topological polar surface area (TPSA) is 21.3 Å². The molecule has 0 aliphatic heterocycles. The van der Waals surface area contributed by atoms with E-state index < -0.39 is 0 Å². The van der Waals surface area contributed by atoms with Crippen LogP contribution in [0.3, 0.4) is 0 Å². The fraction of sp³-hybridized carbons (Fsp3) is 0.867. The molecule has 0 bridgehead atoms. The molecule has 1 fully saturated rings. The molecule has 1 aliphatic rings. The van der Waals surface area contributed by atoms with E-state index in [2.05, 4.69) is 32.7 Å². The van der Waals surface area contributed by atoms with E-state index in [0.29, 0.717) is 6.10 Å². The third-order valence-electron chi connectivity index (χ3n) is 3.46. The maximum absolute atomic E-state index is 5.98. The lowest BCUT2D eigenvalue weighted by atomic mass is 9.82. The van der Waals surface area contributed by atoms with E-state index in [9.17, 15) is 0 Å². The number of rotatable bonds is 7. The van der Waals surface area contributed by atoms with Gasteiger partial charge in [0.15, 0.2) is 0 Å². The van der Waals surface area contributed by atoms with Crippen LogP contribution in [0.2, 0.25) is 0 Å². The first-order valence-electron chi connectivity index (χ1n) is 7.10. The Balaban J connectivity index is 2.14. The van der Waals surface area contributed by atoms with Gasteiger partial charge in [0, 0.05) is 6.54 Å². The predicted octanol–water partition coefficient (Wildman–Crippen LogP) is 3.38. The summed E-state index contributed by atoms with van der Waals surface area (Å²) in [5, 5.41) is 3.36. The summed E-state index contributed by atoms with van der Waals surface area (Å²) in [6.07, 6.45) is 5.43. The normalized spacial score (nSPS) is 29.2. The Bertz CT molecular complexity index is 217. The quantitative estimate of drug-likeness (QED) is 0.543. The maximum Gasteiger partial charge on any atom is 0.0690 e. The number of hydrogen-bond donors (Lipinski definition) is 1. The van der Waals surface area contributed by atoms with Gasteiger partial charge in [-0.05, 0) is 49.6 Å². The van der Waals surface area contributed by atoms with Crippen LogP contribution in [0.4, 0.5) is 0 Å². The van der Waals surface area contributed by atoms with E-state index in [4.69, 9.17) is 4.74 Å². The van der Waals surface area contributed by atoms with Crippen molar-refractivity contribution in [1.82, 2.24) is 5.32 Å². The maximum atomic E-state index is 5.98. The van der Waals surface area contributed by atoms with Gasteiger partial charge < -0.3 is 10.1 Å². The molecule has 0 aromatic heterocycles. The molecule has 2 nitrogen and oxygen atoms in total. The SMILES string of the molecule is C=C(CNCCC)COC1CC(C)CC(C)C1. The molecular weight excluding hydrogens is 210 g/mol. The smallest absolute Gasteiger partial charge is 0.0690 e. The molecule has 17 heavy (non-hydrogen) atoms. The molecule has 0 heterocycles. The van der Waals surface area contributed by atoms with Crippen LogP contribution in [0.25, 0.3) is 0 Å². The molecule has 100 valence electrons. The van der Waals surface area contributed by atoms with Gasteiger partial charge in [-0.3, -0.25) is 0 Å². The molecule has 0 spiro atoms. The van der Waals surface area contributed by atoms with Gasteiger partial charge in [-0.25, -0.2) is 0 Å². The third-order valence-corrected chi connectivity index (χ3v) is 3.46. The molecule has 0 amide bonds. The molecule has 0 aromatic carbocycles. The molecule has 0 aromatic rings. The Morgan fingerprint density at radius 2 is 1.88 bits per heavy atom. The van der Waals surface area contributed by atoms with Crippen molar-refractivity contribution < 1.29 is 4.74 Å². The Kier molecular flexibility index (Phi) is 6.83. The fourth-order valence-electron chi connectivity index (χ4n) is 2.74. The highest BCUT2D eigenvalue weighted by Gasteiger charge is 2.24. The summed E-state index contributed by atoms with van der Waals surface area (Å²) in [6.45, 7) is 13.6. The minimum atomic E-state index is 0.455. The molecule has 2 atom stereocenters. The highest BCUT2D eigenvalue weighted by Crippen LogP contribution is 2.30. The van der Waals surface area contributed by atoms with Gasteiger partial charge in [0.05, 0.1) is 12.7 Å². The Hall–Kier alpha value is -0.340. The molecule has 0 saturated heterocycles. The van der Waals surface area contributed by atoms with Gasteiger partial charge in [-0.15, -0.1) is 0 Å². The van der Waals surface area contributed by atoms with Crippen molar-refractivity contribution >= 4 is 0 Å². The molecule has 1 rings (SSSR count). The first-order valence-corrected chi connectivity index (χ1v) is 7.10. The summed E-state index contributed by atoms with van der Waals surface area (Å²) in [7, 11) is 0. The van der Waals surface area contributed by atoms with Crippen LogP contribution in [-0.4, -0.2) is 25.8 Å². The monoisotopic (exact) mass is 239 g/mol. The van der Waals surface area contributed by atoms with Crippen LogP contribution in [0, 0.1) is 11.8 Å². The van der Waals surface area contributed by atoms with Crippen molar-refractivity contribution in [3.8, 4) is 0 Å². The van der Waals surface area contributed by atoms with Crippen LogP contribution >= 0.6 is 0 Å². The van der Waals surface area contributed by atoms with Gasteiger partial charge in [-0.1, -0.05) is 27.4 Å². The average Bonchev–Trinajstić information content (AvgIpc) is 2.25. The van der Waals surface area contributed by atoms with Gasteiger partial charge >= 0.3 is 0 Å².